The number of hydrogen-bond donors (Lipinski definition) is 5. The summed E-state index contributed by atoms with van der Waals surface area (Å²) in [6, 6.07) is 6.33. The highest BCUT2D eigenvalue weighted by atomic mass is 16.5. The standard InChI is InChI=1S/C15H21NO7/c1-8(18)16-6-12(14(22)13(21)11(20)7-17)23-15(16)9-4-2-3-5-10(9)19/h2-5,11-15,17,19-22H,6-7H2,1H3/t11-,12+,13-,14-,15-/m1/s1. The lowest BCUT2D eigenvalue weighted by molar-refractivity contribution is -0.139. The number of aliphatic hydroxyl groups is 4. The lowest BCUT2D eigenvalue weighted by Gasteiger charge is -2.25. The van der Waals surface area contributed by atoms with Crippen molar-refractivity contribution in [3.8, 4) is 5.75 Å². The third-order valence-electron chi connectivity index (χ3n) is 3.88. The van der Waals surface area contributed by atoms with Gasteiger partial charge < -0.3 is 35.2 Å². The summed E-state index contributed by atoms with van der Waals surface area (Å²) in [5.41, 5.74) is 0.356. The molecular formula is C15H21NO7. The zero-order chi connectivity index (χ0) is 17.1. The summed E-state index contributed by atoms with van der Waals surface area (Å²) in [5, 5.41) is 48.1. The van der Waals surface area contributed by atoms with Crippen molar-refractivity contribution in [2.45, 2.75) is 37.6 Å². The van der Waals surface area contributed by atoms with E-state index in [2.05, 4.69) is 0 Å². The quantitative estimate of drug-likeness (QED) is 0.455. The SMILES string of the molecule is CC(=O)N1C[C@@H]([C@@H](O)[C@H](O)[C@H](O)CO)O[C@@H]1c1ccccc1O. The molecule has 1 aromatic carbocycles. The van der Waals surface area contributed by atoms with Crippen LogP contribution in [0.15, 0.2) is 24.3 Å². The molecule has 2 rings (SSSR count). The summed E-state index contributed by atoms with van der Waals surface area (Å²) in [5.74, 6) is -0.389. The van der Waals surface area contributed by atoms with Gasteiger partial charge in [-0.1, -0.05) is 18.2 Å². The normalized spacial score (nSPS) is 25.2. The van der Waals surface area contributed by atoms with E-state index >= 15 is 0 Å². The van der Waals surface area contributed by atoms with E-state index in [0.29, 0.717) is 5.56 Å². The highest BCUT2D eigenvalue weighted by molar-refractivity contribution is 5.74. The fourth-order valence-electron chi connectivity index (χ4n) is 2.55. The summed E-state index contributed by atoms with van der Waals surface area (Å²) in [6.45, 7) is 0.582. The van der Waals surface area contributed by atoms with Gasteiger partial charge in [0, 0.05) is 12.5 Å². The Morgan fingerprint density at radius 2 is 2.00 bits per heavy atom. The van der Waals surface area contributed by atoms with E-state index in [0.717, 1.165) is 0 Å². The molecule has 8 heteroatoms. The second kappa shape index (κ2) is 7.24. The zero-order valence-corrected chi connectivity index (χ0v) is 12.6. The van der Waals surface area contributed by atoms with Crippen LogP contribution in [0.3, 0.4) is 0 Å². The summed E-state index contributed by atoms with van der Waals surface area (Å²) in [7, 11) is 0. The molecule has 23 heavy (non-hydrogen) atoms. The van der Waals surface area contributed by atoms with E-state index in [1.54, 1.807) is 18.2 Å². The van der Waals surface area contributed by atoms with E-state index in [-0.39, 0.29) is 18.2 Å². The molecule has 0 spiro atoms. The number of nitrogens with zero attached hydrogens (tertiary/aromatic N) is 1. The zero-order valence-electron chi connectivity index (χ0n) is 12.6. The maximum Gasteiger partial charge on any atom is 0.221 e. The maximum atomic E-state index is 11.8. The van der Waals surface area contributed by atoms with Crippen molar-refractivity contribution in [3.05, 3.63) is 29.8 Å². The van der Waals surface area contributed by atoms with Crippen molar-refractivity contribution in [2.75, 3.05) is 13.2 Å². The first-order valence-corrected chi connectivity index (χ1v) is 7.22. The third kappa shape index (κ3) is 3.62. The van der Waals surface area contributed by atoms with Gasteiger partial charge in [-0.3, -0.25) is 4.79 Å². The molecule has 1 saturated heterocycles. The monoisotopic (exact) mass is 327 g/mol. The van der Waals surface area contributed by atoms with Crippen molar-refractivity contribution in [1.29, 1.82) is 0 Å². The molecule has 1 heterocycles. The molecule has 1 aromatic rings. The first-order chi connectivity index (χ1) is 10.9. The predicted octanol–water partition coefficient (Wildman–Crippen LogP) is -1.29. The van der Waals surface area contributed by atoms with Gasteiger partial charge >= 0.3 is 0 Å². The van der Waals surface area contributed by atoms with Gasteiger partial charge in [-0.2, -0.15) is 0 Å². The Morgan fingerprint density at radius 1 is 1.35 bits per heavy atom. The van der Waals surface area contributed by atoms with Gasteiger partial charge in [0.05, 0.1) is 13.2 Å². The minimum atomic E-state index is -1.62. The number of carbonyl (C=O) groups excluding carboxylic acids is 1. The van der Waals surface area contributed by atoms with Crippen LogP contribution in [0.25, 0.3) is 0 Å². The van der Waals surface area contributed by atoms with Crippen LogP contribution in [-0.2, 0) is 9.53 Å². The van der Waals surface area contributed by atoms with E-state index in [1.165, 1.54) is 17.9 Å². The number of rotatable bonds is 5. The summed E-state index contributed by atoms with van der Waals surface area (Å²) < 4.78 is 5.62. The average Bonchev–Trinajstić information content (AvgIpc) is 2.98. The molecule has 5 N–H and O–H groups in total. The molecule has 0 unspecified atom stereocenters. The number of ether oxygens (including phenoxy) is 1. The fraction of sp³-hybridized carbons (Fsp3) is 0.533. The molecule has 8 nitrogen and oxygen atoms in total. The molecule has 1 aliphatic rings. The Kier molecular flexibility index (Phi) is 5.55. The highest BCUT2D eigenvalue weighted by Crippen LogP contribution is 2.36. The average molecular weight is 327 g/mol. The minimum absolute atomic E-state index is 0.0231. The Bertz CT molecular complexity index is 552. The Morgan fingerprint density at radius 3 is 2.57 bits per heavy atom. The number of phenols is 1. The first kappa shape index (κ1) is 17.6. The number of aliphatic hydroxyl groups excluding tert-OH is 4. The van der Waals surface area contributed by atoms with Crippen LogP contribution in [0.2, 0.25) is 0 Å². The summed E-state index contributed by atoms with van der Waals surface area (Å²) in [6.07, 6.45) is -6.54. The van der Waals surface area contributed by atoms with Gasteiger partial charge in [0.15, 0.2) is 6.23 Å². The smallest absolute Gasteiger partial charge is 0.221 e. The number of para-hydroxylation sites is 1. The molecule has 5 atom stereocenters. The van der Waals surface area contributed by atoms with Crippen molar-refractivity contribution < 1.29 is 35.1 Å². The van der Waals surface area contributed by atoms with Crippen LogP contribution in [0.1, 0.15) is 18.7 Å². The van der Waals surface area contributed by atoms with Crippen LogP contribution in [-0.4, -0.2) is 73.9 Å². The van der Waals surface area contributed by atoms with E-state index in [4.69, 9.17) is 9.84 Å². The van der Waals surface area contributed by atoms with Gasteiger partial charge in [0.1, 0.15) is 30.2 Å². The molecule has 0 aliphatic carbocycles. The first-order valence-electron chi connectivity index (χ1n) is 7.22. The minimum Gasteiger partial charge on any atom is -0.507 e. The topological polar surface area (TPSA) is 131 Å². The van der Waals surface area contributed by atoms with Crippen LogP contribution < -0.4 is 0 Å². The number of phenolic OH excluding ortho intramolecular Hbond substituents is 1. The molecule has 0 aromatic heterocycles. The van der Waals surface area contributed by atoms with Crippen molar-refractivity contribution in [1.82, 2.24) is 4.90 Å². The molecule has 1 fully saturated rings. The van der Waals surface area contributed by atoms with E-state index in [1.807, 2.05) is 0 Å². The second-order valence-electron chi connectivity index (χ2n) is 5.49. The van der Waals surface area contributed by atoms with E-state index in [9.17, 15) is 25.2 Å². The lowest BCUT2D eigenvalue weighted by Crippen LogP contribution is -2.47. The second-order valence-corrected chi connectivity index (χ2v) is 5.49. The lowest BCUT2D eigenvalue weighted by atomic mass is 10.0. The van der Waals surface area contributed by atoms with Gasteiger partial charge in [-0.05, 0) is 6.07 Å². The van der Waals surface area contributed by atoms with Crippen LogP contribution in [0.5, 0.6) is 5.75 Å². The third-order valence-corrected chi connectivity index (χ3v) is 3.88. The molecule has 0 saturated carbocycles. The molecule has 128 valence electrons. The Labute approximate surface area is 133 Å². The summed E-state index contributed by atoms with van der Waals surface area (Å²) >= 11 is 0. The van der Waals surface area contributed by atoms with Gasteiger partial charge in [-0.25, -0.2) is 0 Å². The van der Waals surface area contributed by atoms with Crippen molar-refractivity contribution >= 4 is 5.91 Å². The van der Waals surface area contributed by atoms with Crippen LogP contribution >= 0.6 is 0 Å². The summed E-state index contributed by atoms with van der Waals surface area (Å²) in [4.78, 5) is 13.1. The van der Waals surface area contributed by atoms with E-state index < -0.39 is 37.3 Å². The number of benzene rings is 1. The molecular weight excluding hydrogens is 306 g/mol. The van der Waals surface area contributed by atoms with Crippen molar-refractivity contribution in [2.24, 2.45) is 0 Å². The van der Waals surface area contributed by atoms with Crippen molar-refractivity contribution in [3.63, 3.8) is 0 Å². The largest absolute Gasteiger partial charge is 0.507 e. The maximum absolute atomic E-state index is 11.8. The van der Waals surface area contributed by atoms with Crippen LogP contribution in [0.4, 0.5) is 0 Å². The Balaban J connectivity index is 2.22. The molecule has 0 radical (unpaired) electrons. The van der Waals surface area contributed by atoms with Crippen LogP contribution in [0, 0.1) is 0 Å². The molecule has 1 amide bonds. The Hall–Kier alpha value is -1.71. The number of hydrogen-bond acceptors (Lipinski definition) is 7. The van der Waals surface area contributed by atoms with Gasteiger partial charge in [0.2, 0.25) is 5.91 Å². The molecule has 1 aliphatic heterocycles. The van der Waals surface area contributed by atoms with Gasteiger partial charge in [-0.15, -0.1) is 0 Å². The predicted molar refractivity (Wildman–Crippen MR) is 78.2 cm³/mol. The number of aromatic hydroxyl groups is 1. The molecule has 0 bridgehead atoms. The number of carbonyl (C=O) groups is 1. The number of amides is 1. The highest BCUT2D eigenvalue weighted by Gasteiger charge is 2.43. The fourth-order valence-corrected chi connectivity index (χ4v) is 2.55. The van der Waals surface area contributed by atoms with Gasteiger partial charge in [0.25, 0.3) is 0 Å².